The molecule has 0 radical (unpaired) electrons. The summed E-state index contributed by atoms with van der Waals surface area (Å²) in [6, 6.07) is 5.04. The third-order valence-corrected chi connectivity index (χ3v) is 4.89. The Morgan fingerprint density at radius 2 is 1.95 bits per heavy atom. The monoisotopic (exact) mass is 284 g/mol. The molecule has 4 nitrogen and oxygen atoms in total. The van der Waals surface area contributed by atoms with Crippen LogP contribution in [-0.2, 0) is 16.6 Å². The Hall–Kier alpha value is -0.910. The minimum Gasteiger partial charge on any atom is -0.326 e. The van der Waals surface area contributed by atoms with Crippen LogP contribution in [0.5, 0.6) is 0 Å². The first-order valence-electron chi connectivity index (χ1n) is 6.63. The van der Waals surface area contributed by atoms with E-state index in [-0.39, 0.29) is 16.9 Å². The Morgan fingerprint density at radius 1 is 1.32 bits per heavy atom. The van der Waals surface area contributed by atoms with E-state index >= 15 is 0 Å². The van der Waals surface area contributed by atoms with Gasteiger partial charge in [-0.05, 0) is 42.5 Å². The molecule has 1 rings (SSSR count). The predicted octanol–water partition coefficient (Wildman–Crippen LogP) is 2.17. The van der Waals surface area contributed by atoms with Crippen LogP contribution in [-0.4, -0.2) is 14.5 Å². The van der Waals surface area contributed by atoms with Crippen molar-refractivity contribution in [1.29, 1.82) is 0 Å². The molecule has 1 aromatic carbocycles. The first-order valence-corrected chi connectivity index (χ1v) is 8.12. The van der Waals surface area contributed by atoms with Crippen molar-refractivity contribution in [2.24, 2.45) is 11.7 Å². The zero-order chi connectivity index (χ0) is 14.6. The van der Waals surface area contributed by atoms with E-state index < -0.39 is 10.0 Å². The zero-order valence-corrected chi connectivity index (χ0v) is 12.9. The molecule has 0 saturated carbocycles. The van der Waals surface area contributed by atoms with Crippen molar-refractivity contribution in [3.05, 3.63) is 29.3 Å². The van der Waals surface area contributed by atoms with Gasteiger partial charge in [-0.25, -0.2) is 13.1 Å². The molecule has 0 aliphatic heterocycles. The lowest BCUT2D eigenvalue weighted by molar-refractivity contribution is 0.437. The molecule has 1 unspecified atom stereocenters. The number of hydrogen-bond donors (Lipinski definition) is 2. The lowest BCUT2D eigenvalue weighted by Crippen LogP contribution is -2.38. The summed E-state index contributed by atoms with van der Waals surface area (Å²) in [5, 5.41) is 0. The van der Waals surface area contributed by atoms with Gasteiger partial charge in [-0.2, -0.15) is 0 Å². The van der Waals surface area contributed by atoms with Crippen LogP contribution in [0.1, 0.15) is 38.3 Å². The number of rotatable bonds is 6. The van der Waals surface area contributed by atoms with Gasteiger partial charge in [-0.15, -0.1) is 0 Å². The largest absolute Gasteiger partial charge is 0.326 e. The van der Waals surface area contributed by atoms with Crippen LogP contribution in [0.3, 0.4) is 0 Å². The standard InChI is InChI=1S/C14H24N2O2S/c1-5-14(10(2)3)16-19(17,18)13-7-6-11(4)12(8-13)9-15/h6-8,10,14,16H,5,9,15H2,1-4H3. The lowest BCUT2D eigenvalue weighted by atomic mass is 10.0. The van der Waals surface area contributed by atoms with Crippen molar-refractivity contribution >= 4 is 10.0 Å². The molecule has 0 amide bonds. The average molecular weight is 284 g/mol. The van der Waals surface area contributed by atoms with Gasteiger partial charge >= 0.3 is 0 Å². The number of nitrogens with two attached hydrogens (primary N) is 1. The molecule has 5 heteroatoms. The van der Waals surface area contributed by atoms with Gasteiger partial charge in [0.1, 0.15) is 0 Å². The molecule has 1 aromatic rings. The molecule has 1 atom stereocenters. The summed E-state index contributed by atoms with van der Waals surface area (Å²) in [5.41, 5.74) is 7.50. The third kappa shape index (κ3) is 4.03. The molecule has 0 fully saturated rings. The molecule has 0 heterocycles. The summed E-state index contributed by atoms with van der Waals surface area (Å²) in [6.07, 6.45) is 0.770. The Balaban J connectivity index is 3.06. The first kappa shape index (κ1) is 16.1. The van der Waals surface area contributed by atoms with Crippen LogP contribution in [0.2, 0.25) is 0 Å². The highest BCUT2D eigenvalue weighted by Crippen LogP contribution is 2.17. The fourth-order valence-corrected chi connectivity index (χ4v) is 3.51. The minimum atomic E-state index is -3.47. The third-order valence-electron chi connectivity index (χ3n) is 3.40. The van der Waals surface area contributed by atoms with Crippen LogP contribution in [0, 0.1) is 12.8 Å². The van der Waals surface area contributed by atoms with Gasteiger partial charge < -0.3 is 5.73 Å². The van der Waals surface area contributed by atoms with Gasteiger partial charge in [0.25, 0.3) is 0 Å². The molecule has 19 heavy (non-hydrogen) atoms. The van der Waals surface area contributed by atoms with E-state index in [1.807, 2.05) is 27.7 Å². The van der Waals surface area contributed by atoms with Crippen molar-refractivity contribution in [2.75, 3.05) is 0 Å². The van der Waals surface area contributed by atoms with E-state index in [4.69, 9.17) is 5.73 Å². The van der Waals surface area contributed by atoms with E-state index in [1.54, 1.807) is 18.2 Å². The maximum atomic E-state index is 12.3. The smallest absolute Gasteiger partial charge is 0.240 e. The summed E-state index contributed by atoms with van der Waals surface area (Å²) in [7, 11) is -3.47. The van der Waals surface area contributed by atoms with Crippen molar-refractivity contribution in [2.45, 2.75) is 51.6 Å². The van der Waals surface area contributed by atoms with Gasteiger partial charge in [0.2, 0.25) is 10.0 Å². The highest BCUT2D eigenvalue weighted by molar-refractivity contribution is 7.89. The number of nitrogens with one attached hydrogen (secondary N) is 1. The van der Waals surface area contributed by atoms with Crippen molar-refractivity contribution in [3.63, 3.8) is 0 Å². The molecular weight excluding hydrogens is 260 g/mol. The quantitative estimate of drug-likeness (QED) is 0.841. The number of sulfonamides is 1. The Labute approximate surface area is 116 Å². The number of hydrogen-bond acceptors (Lipinski definition) is 3. The minimum absolute atomic E-state index is 0.0485. The molecular formula is C14H24N2O2S. The summed E-state index contributed by atoms with van der Waals surface area (Å²) >= 11 is 0. The van der Waals surface area contributed by atoms with Crippen LogP contribution < -0.4 is 10.5 Å². The van der Waals surface area contributed by atoms with Crippen LogP contribution in [0.25, 0.3) is 0 Å². The van der Waals surface area contributed by atoms with Gasteiger partial charge in [0.15, 0.2) is 0 Å². The molecule has 0 aliphatic carbocycles. The first-order chi connectivity index (χ1) is 8.81. The SMILES string of the molecule is CCC(NS(=O)(=O)c1ccc(C)c(CN)c1)C(C)C. The summed E-state index contributed by atoms with van der Waals surface area (Å²) in [4.78, 5) is 0.289. The van der Waals surface area contributed by atoms with E-state index in [0.717, 1.165) is 17.5 Å². The molecule has 3 N–H and O–H groups in total. The predicted molar refractivity (Wildman–Crippen MR) is 78.3 cm³/mol. The van der Waals surface area contributed by atoms with E-state index in [0.29, 0.717) is 6.54 Å². The molecule has 0 saturated heterocycles. The Bertz CT molecular complexity index is 524. The van der Waals surface area contributed by atoms with E-state index in [1.165, 1.54) is 0 Å². The normalized spacial score (nSPS) is 13.8. The second kappa shape index (κ2) is 6.50. The maximum Gasteiger partial charge on any atom is 0.240 e. The highest BCUT2D eigenvalue weighted by atomic mass is 32.2. The molecule has 0 aliphatic rings. The second-order valence-electron chi connectivity index (χ2n) is 5.17. The van der Waals surface area contributed by atoms with E-state index in [9.17, 15) is 8.42 Å². The fourth-order valence-electron chi connectivity index (χ4n) is 1.99. The average Bonchev–Trinajstić information content (AvgIpc) is 2.36. The number of benzene rings is 1. The second-order valence-corrected chi connectivity index (χ2v) is 6.89. The van der Waals surface area contributed by atoms with Crippen LogP contribution >= 0.6 is 0 Å². The Morgan fingerprint density at radius 3 is 2.42 bits per heavy atom. The van der Waals surface area contributed by atoms with Crippen molar-refractivity contribution < 1.29 is 8.42 Å². The van der Waals surface area contributed by atoms with Crippen molar-refractivity contribution in [1.82, 2.24) is 4.72 Å². The molecule has 0 bridgehead atoms. The fraction of sp³-hybridized carbons (Fsp3) is 0.571. The van der Waals surface area contributed by atoms with Gasteiger partial charge in [0, 0.05) is 12.6 Å². The van der Waals surface area contributed by atoms with E-state index in [2.05, 4.69) is 4.72 Å². The van der Waals surface area contributed by atoms with Crippen molar-refractivity contribution in [3.8, 4) is 0 Å². The molecule has 0 aromatic heterocycles. The van der Waals surface area contributed by atoms with Gasteiger partial charge in [0.05, 0.1) is 4.90 Å². The number of aryl methyl sites for hydroxylation is 1. The van der Waals surface area contributed by atoms with Gasteiger partial charge in [-0.3, -0.25) is 0 Å². The topological polar surface area (TPSA) is 72.2 Å². The zero-order valence-electron chi connectivity index (χ0n) is 12.1. The van der Waals surface area contributed by atoms with Crippen LogP contribution in [0.15, 0.2) is 23.1 Å². The van der Waals surface area contributed by atoms with Crippen LogP contribution in [0.4, 0.5) is 0 Å². The summed E-state index contributed by atoms with van der Waals surface area (Å²) in [6.45, 7) is 8.27. The summed E-state index contributed by atoms with van der Waals surface area (Å²) in [5.74, 6) is 0.263. The lowest BCUT2D eigenvalue weighted by Gasteiger charge is -2.21. The highest BCUT2D eigenvalue weighted by Gasteiger charge is 2.21. The summed E-state index contributed by atoms with van der Waals surface area (Å²) < 4.78 is 27.4. The maximum absolute atomic E-state index is 12.3. The Kier molecular flexibility index (Phi) is 5.52. The van der Waals surface area contributed by atoms with Gasteiger partial charge in [-0.1, -0.05) is 26.8 Å². The molecule has 0 spiro atoms. The molecule has 108 valence electrons.